The molecule has 0 aliphatic heterocycles. The average molecular weight is 393 g/mol. The largest absolute Gasteiger partial charge is 0.508 e. The molecule has 0 bridgehead atoms. The van der Waals surface area contributed by atoms with Gasteiger partial charge in [0.1, 0.15) is 11.5 Å². The third-order valence-electron chi connectivity index (χ3n) is 6.20. The van der Waals surface area contributed by atoms with E-state index in [1.54, 1.807) is 26.0 Å². The van der Waals surface area contributed by atoms with Crippen LogP contribution in [0.15, 0.2) is 12.1 Å². The van der Waals surface area contributed by atoms with Crippen LogP contribution < -0.4 is 0 Å². The van der Waals surface area contributed by atoms with E-state index < -0.39 is 11.5 Å². The van der Waals surface area contributed by atoms with E-state index in [4.69, 9.17) is 4.74 Å². The Hall–Kier alpha value is -1.75. The smallest absolute Gasteiger partial charge is 0.315 e. The fourth-order valence-corrected chi connectivity index (χ4v) is 4.27. The molecule has 0 radical (unpaired) electrons. The van der Waals surface area contributed by atoms with Gasteiger partial charge in [0, 0.05) is 5.56 Å². The number of aromatic hydroxyl groups is 2. The van der Waals surface area contributed by atoms with Crippen molar-refractivity contribution in [1.82, 2.24) is 0 Å². The first-order chi connectivity index (χ1) is 13.1. The van der Waals surface area contributed by atoms with E-state index in [9.17, 15) is 20.1 Å². The molecule has 3 N–H and O–H groups in total. The summed E-state index contributed by atoms with van der Waals surface area (Å²) in [6, 6.07) is 3.13. The molecule has 1 saturated carbocycles. The molecular weight excluding hydrogens is 356 g/mol. The minimum absolute atomic E-state index is 0.0193. The van der Waals surface area contributed by atoms with Gasteiger partial charge in [-0.05, 0) is 75.0 Å². The van der Waals surface area contributed by atoms with E-state index in [2.05, 4.69) is 13.8 Å². The topological polar surface area (TPSA) is 87.0 Å². The van der Waals surface area contributed by atoms with Crippen molar-refractivity contribution < 1.29 is 24.9 Å². The molecule has 1 aromatic rings. The molecular formula is C23H36O5. The second-order valence-corrected chi connectivity index (χ2v) is 9.02. The number of carbonyl (C=O) groups excluding carboxylic acids is 1. The Balaban J connectivity index is 2.34. The van der Waals surface area contributed by atoms with Gasteiger partial charge in [0.25, 0.3) is 0 Å². The molecule has 5 heteroatoms. The van der Waals surface area contributed by atoms with Crippen LogP contribution in [0, 0.1) is 11.8 Å². The lowest BCUT2D eigenvalue weighted by molar-refractivity contribution is -0.149. The monoisotopic (exact) mass is 392 g/mol. The van der Waals surface area contributed by atoms with Crippen LogP contribution in [0.5, 0.6) is 11.5 Å². The molecule has 0 aromatic heterocycles. The number of aliphatic hydroxyl groups is 1. The first-order valence-electron chi connectivity index (χ1n) is 10.5. The number of phenols is 2. The fraction of sp³-hybridized carbons (Fsp3) is 0.696. The number of carbonyl (C=O) groups is 1. The van der Waals surface area contributed by atoms with Crippen molar-refractivity contribution in [1.29, 1.82) is 0 Å². The second-order valence-electron chi connectivity index (χ2n) is 9.02. The van der Waals surface area contributed by atoms with Gasteiger partial charge < -0.3 is 20.1 Å². The summed E-state index contributed by atoms with van der Waals surface area (Å²) >= 11 is 0. The molecule has 3 atom stereocenters. The van der Waals surface area contributed by atoms with Crippen LogP contribution in [0.4, 0.5) is 0 Å². The highest BCUT2D eigenvalue weighted by atomic mass is 16.5. The van der Waals surface area contributed by atoms with Gasteiger partial charge >= 0.3 is 5.97 Å². The summed E-state index contributed by atoms with van der Waals surface area (Å²) in [5.41, 5.74) is 0.0200. The molecule has 0 amide bonds. The number of benzene rings is 1. The van der Waals surface area contributed by atoms with E-state index >= 15 is 0 Å². The van der Waals surface area contributed by atoms with Crippen LogP contribution in [0.1, 0.15) is 83.8 Å². The summed E-state index contributed by atoms with van der Waals surface area (Å²) in [5.74, 6) is 0.125. The summed E-state index contributed by atoms with van der Waals surface area (Å²) in [7, 11) is 0. The SMILES string of the molecule is CCCCOC(=O)C(C)(C)c1cc(O)c([C@@H]2C[C@H](O)CC[C@H]2C(C)C)c(O)c1. The summed E-state index contributed by atoms with van der Waals surface area (Å²) in [6.45, 7) is 10.1. The lowest BCUT2D eigenvalue weighted by Crippen LogP contribution is -2.32. The second kappa shape index (κ2) is 9.17. The number of unbranched alkanes of at least 4 members (excludes halogenated alkanes) is 1. The molecule has 1 aromatic carbocycles. The molecule has 1 aliphatic carbocycles. The number of ether oxygens (including phenoxy) is 1. The maximum absolute atomic E-state index is 12.5. The molecule has 0 spiro atoms. The molecule has 5 nitrogen and oxygen atoms in total. The van der Waals surface area contributed by atoms with E-state index in [1.165, 1.54) is 0 Å². The zero-order valence-corrected chi connectivity index (χ0v) is 17.9. The van der Waals surface area contributed by atoms with Crippen molar-refractivity contribution in [2.24, 2.45) is 11.8 Å². The predicted octanol–water partition coefficient (Wildman–Crippen LogP) is 4.62. The fourth-order valence-electron chi connectivity index (χ4n) is 4.27. The summed E-state index contributed by atoms with van der Waals surface area (Å²) in [5, 5.41) is 31.7. The van der Waals surface area contributed by atoms with Gasteiger partial charge in [-0.3, -0.25) is 4.79 Å². The van der Waals surface area contributed by atoms with Gasteiger partial charge in [-0.1, -0.05) is 27.2 Å². The number of esters is 1. The van der Waals surface area contributed by atoms with Crippen LogP contribution >= 0.6 is 0 Å². The standard InChI is InChI=1S/C23H36O5/c1-6-7-10-28-22(27)23(4,5)15-11-19(25)21(20(26)12-15)18-13-16(24)8-9-17(18)14(2)3/h11-12,14,16-18,24-26H,6-10,13H2,1-5H3/t16-,17+,18-/m1/s1. The summed E-state index contributed by atoms with van der Waals surface area (Å²) < 4.78 is 5.36. The maximum Gasteiger partial charge on any atom is 0.315 e. The van der Waals surface area contributed by atoms with Crippen molar-refractivity contribution in [2.45, 2.75) is 84.2 Å². The first kappa shape index (κ1) is 22.5. The first-order valence-corrected chi connectivity index (χ1v) is 10.5. The minimum Gasteiger partial charge on any atom is -0.508 e. The number of phenolic OH excluding ortho intramolecular Hbond substituents is 2. The van der Waals surface area contributed by atoms with Gasteiger partial charge in [0.15, 0.2) is 0 Å². The van der Waals surface area contributed by atoms with Crippen LogP contribution in [0.25, 0.3) is 0 Å². The van der Waals surface area contributed by atoms with E-state index in [0.717, 1.165) is 25.7 Å². The average Bonchev–Trinajstić information content (AvgIpc) is 2.61. The van der Waals surface area contributed by atoms with E-state index in [-0.39, 0.29) is 29.3 Å². The van der Waals surface area contributed by atoms with Crippen LogP contribution in [0.2, 0.25) is 0 Å². The van der Waals surface area contributed by atoms with Gasteiger partial charge in [-0.25, -0.2) is 0 Å². The van der Waals surface area contributed by atoms with E-state index in [0.29, 0.717) is 30.1 Å². The Bertz CT molecular complexity index is 657. The molecule has 1 fully saturated rings. The van der Waals surface area contributed by atoms with Crippen LogP contribution in [-0.4, -0.2) is 34.0 Å². The van der Waals surface area contributed by atoms with Crippen molar-refractivity contribution in [3.05, 3.63) is 23.3 Å². The Labute approximate surface area is 168 Å². The normalized spacial score (nSPS) is 23.0. The molecule has 0 saturated heterocycles. The van der Waals surface area contributed by atoms with Gasteiger partial charge in [0.05, 0.1) is 18.1 Å². The Kier molecular flexibility index (Phi) is 7.38. The summed E-state index contributed by atoms with van der Waals surface area (Å²) in [4.78, 5) is 12.5. The van der Waals surface area contributed by atoms with Gasteiger partial charge in [-0.2, -0.15) is 0 Å². The number of hydrogen-bond acceptors (Lipinski definition) is 5. The maximum atomic E-state index is 12.5. The third kappa shape index (κ3) is 4.80. The Morgan fingerprint density at radius 3 is 2.36 bits per heavy atom. The van der Waals surface area contributed by atoms with E-state index in [1.807, 2.05) is 6.92 Å². The molecule has 1 aliphatic rings. The van der Waals surface area contributed by atoms with Crippen molar-refractivity contribution in [2.75, 3.05) is 6.61 Å². The number of aliphatic hydroxyl groups excluding tert-OH is 1. The highest BCUT2D eigenvalue weighted by molar-refractivity contribution is 5.82. The van der Waals surface area contributed by atoms with Crippen LogP contribution in [0.3, 0.4) is 0 Å². The zero-order valence-electron chi connectivity index (χ0n) is 17.9. The minimum atomic E-state index is -0.981. The molecule has 2 rings (SSSR count). The highest BCUT2D eigenvalue weighted by Crippen LogP contribution is 2.48. The lowest BCUT2D eigenvalue weighted by Gasteiger charge is -2.37. The third-order valence-corrected chi connectivity index (χ3v) is 6.20. The lowest BCUT2D eigenvalue weighted by atomic mass is 9.69. The Morgan fingerprint density at radius 2 is 1.82 bits per heavy atom. The molecule has 158 valence electrons. The molecule has 0 unspecified atom stereocenters. The number of rotatable bonds is 7. The molecule has 0 heterocycles. The predicted molar refractivity (Wildman–Crippen MR) is 110 cm³/mol. The van der Waals surface area contributed by atoms with Gasteiger partial charge in [0.2, 0.25) is 0 Å². The van der Waals surface area contributed by atoms with Crippen LogP contribution in [-0.2, 0) is 14.9 Å². The molecule has 28 heavy (non-hydrogen) atoms. The quantitative estimate of drug-likeness (QED) is 0.466. The Morgan fingerprint density at radius 1 is 1.21 bits per heavy atom. The number of hydrogen-bond donors (Lipinski definition) is 3. The zero-order chi connectivity index (χ0) is 21.1. The highest BCUT2D eigenvalue weighted by Gasteiger charge is 2.38. The van der Waals surface area contributed by atoms with Crippen molar-refractivity contribution in [3.8, 4) is 11.5 Å². The van der Waals surface area contributed by atoms with Crippen molar-refractivity contribution in [3.63, 3.8) is 0 Å². The summed E-state index contributed by atoms with van der Waals surface area (Å²) in [6.07, 6.45) is 3.44. The van der Waals surface area contributed by atoms with Gasteiger partial charge in [-0.15, -0.1) is 0 Å². The van der Waals surface area contributed by atoms with Crippen molar-refractivity contribution >= 4 is 5.97 Å².